The molecule has 2 aromatic heterocycles. The smallest absolute Gasteiger partial charge is 0.319 e. The van der Waals surface area contributed by atoms with Crippen molar-refractivity contribution in [2.45, 2.75) is 13.1 Å². The molecule has 34 heavy (non-hydrogen) atoms. The highest BCUT2D eigenvalue weighted by Gasteiger charge is 2.37. The van der Waals surface area contributed by atoms with Crippen LogP contribution in [0.4, 0.5) is 18.9 Å². The van der Waals surface area contributed by atoms with Crippen molar-refractivity contribution in [2.75, 3.05) is 5.32 Å². The molecule has 0 aliphatic heterocycles. The second-order valence-electron chi connectivity index (χ2n) is 6.53. The van der Waals surface area contributed by atoms with Crippen molar-refractivity contribution < 1.29 is 27.6 Å². The number of carbonyl (C=O) groups is 3. The van der Waals surface area contributed by atoms with Gasteiger partial charge >= 0.3 is 6.18 Å². The lowest BCUT2D eigenvalue weighted by atomic mass is 10.1. The number of nitrogens with one attached hydrogen (secondary N) is 3. The number of hydrazine groups is 1. The van der Waals surface area contributed by atoms with E-state index in [0.29, 0.717) is 10.7 Å². The third-order valence-corrected chi connectivity index (χ3v) is 4.87. The lowest BCUT2D eigenvalue weighted by Gasteiger charge is -2.14. The van der Waals surface area contributed by atoms with E-state index in [4.69, 9.17) is 34.8 Å². The summed E-state index contributed by atoms with van der Waals surface area (Å²) in [5, 5.41) is 5.44. The minimum atomic E-state index is -4.89. The molecule has 0 saturated carbocycles. The Morgan fingerprint density at radius 2 is 1.71 bits per heavy atom. The fourth-order valence-electron chi connectivity index (χ4n) is 2.65. The molecule has 3 amide bonds. The van der Waals surface area contributed by atoms with E-state index in [1.54, 1.807) is 0 Å². The molecular weight excluding hydrogens is 524 g/mol. The third-order valence-electron chi connectivity index (χ3n) is 4.06. The molecule has 0 radical (unpaired) electrons. The number of pyridine rings is 1. The summed E-state index contributed by atoms with van der Waals surface area (Å²) >= 11 is 18.1. The molecule has 0 fully saturated rings. The summed E-state index contributed by atoms with van der Waals surface area (Å²) in [4.78, 5) is 40.5. The van der Waals surface area contributed by atoms with Crippen molar-refractivity contribution in [1.29, 1.82) is 0 Å². The molecule has 0 atom stereocenters. The van der Waals surface area contributed by atoms with Crippen molar-refractivity contribution >= 4 is 58.2 Å². The number of halogens is 6. The minimum Gasteiger partial charge on any atom is -0.319 e. The second-order valence-corrected chi connectivity index (χ2v) is 7.78. The van der Waals surface area contributed by atoms with E-state index in [0.717, 1.165) is 13.0 Å². The monoisotopic (exact) mass is 534 g/mol. The van der Waals surface area contributed by atoms with Crippen LogP contribution in [0.2, 0.25) is 15.1 Å². The number of carbonyl (C=O) groups excluding carboxylic acids is 3. The van der Waals surface area contributed by atoms with Gasteiger partial charge in [0, 0.05) is 24.2 Å². The van der Waals surface area contributed by atoms with Crippen LogP contribution in [0.15, 0.2) is 36.5 Å². The number of anilines is 1. The molecule has 3 rings (SSSR count). The molecule has 178 valence electrons. The lowest BCUT2D eigenvalue weighted by molar-refractivity contribution is -0.141. The highest BCUT2D eigenvalue weighted by Crippen LogP contribution is 2.33. The van der Waals surface area contributed by atoms with Crippen LogP contribution < -0.4 is 16.2 Å². The maximum atomic E-state index is 13.3. The van der Waals surface area contributed by atoms with Crippen LogP contribution in [-0.2, 0) is 11.0 Å². The molecule has 0 aliphatic carbocycles. The molecule has 0 unspecified atom stereocenters. The zero-order valence-electron chi connectivity index (χ0n) is 16.8. The Balaban J connectivity index is 2.07. The van der Waals surface area contributed by atoms with Gasteiger partial charge < -0.3 is 5.32 Å². The predicted octanol–water partition coefficient (Wildman–Crippen LogP) is 4.28. The number of amides is 3. The van der Waals surface area contributed by atoms with Crippen molar-refractivity contribution in [3.63, 3.8) is 0 Å². The number of hydrogen-bond acceptors (Lipinski definition) is 5. The Morgan fingerprint density at radius 3 is 2.32 bits per heavy atom. The minimum absolute atomic E-state index is 0.0145. The van der Waals surface area contributed by atoms with Crippen molar-refractivity contribution in [3.8, 4) is 5.82 Å². The van der Waals surface area contributed by atoms with E-state index in [-0.39, 0.29) is 32.1 Å². The van der Waals surface area contributed by atoms with E-state index in [9.17, 15) is 27.6 Å². The van der Waals surface area contributed by atoms with Gasteiger partial charge in [0.1, 0.15) is 5.69 Å². The molecule has 0 aliphatic rings. The average Bonchev–Trinajstić information content (AvgIpc) is 3.20. The van der Waals surface area contributed by atoms with Gasteiger partial charge in [0.25, 0.3) is 11.8 Å². The first-order valence-corrected chi connectivity index (χ1v) is 10.2. The van der Waals surface area contributed by atoms with Gasteiger partial charge in [-0.1, -0.05) is 34.8 Å². The third kappa shape index (κ3) is 5.58. The number of benzene rings is 1. The Morgan fingerprint density at radius 1 is 1.00 bits per heavy atom. The van der Waals surface area contributed by atoms with Crippen LogP contribution in [0.25, 0.3) is 5.82 Å². The van der Waals surface area contributed by atoms with E-state index in [1.807, 2.05) is 0 Å². The van der Waals surface area contributed by atoms with Crippen LogP contribution in [0.5, 0.6) is 0 Å². The SMILES string of the molecule is CC(=O)NNC(=O)c1cc(Cl)cc(Cl)c1NC(=O)c1cc(C(F)(F)F)nn1-c1ncccc1Cl. The summed E-state index contributed by atoms with van der Waals surface area (Å²) in [6, 6.07) is 5.60. The second kappa shape index (κ2) is 9.87. The maximum Gasteiger partial charge on any atom is 0.435 e. The van der Waals surface area contributed by atoms with Gasteiger partial charge in [0.15, 0.2) is 11.5 Å². The van der Waals surface area contributed by atoms with Crippen molar-refractivity contribution in [1.82, 2.24) is 25.6 Å². The largest absolute Gasteiger partial charge is 0.435 e. The highest BCUT2D eigenvalue weighted by atomic mass is 35.5. The van der Waals surface area contributed by atoms with E-state index < -0.39 is 35.3 Å². The Hall–Kier alpha value is -3.35. The molecule has 3 aromatic rings. The molecule has 3 N–H and O–H groups in total. The first kappa shape index (κ1) is 25.3. The highest BCUT2D eigenvalue weighted by molar-refractivity contribution is 6.38. The average molecular weight is 536 g/mol. The quantitative estimate of drug-likeness (QED) is 0.431. The van der Waals surface area contributed by atoms with Gasteiger partial charge in [-0.15, -0.1) is 0 Å². The van der Waals surface area contributed by atoms with Gasteiger partial charge in [-0.25, -0.2) is 9.67 Å². The van der Waals surface area contributed by atoms with Crippen molar-refractivity contribution in [2.24, 2.45) is 0 Å². The van der Waals surface area contributed by atoms with Crippen LogP contribution in [0.3, 0.4) is 0 Å². The summed E-state index contributed by atoms with van der Waals surface area (Å²) in [7, 11) is 0. The molecule has 15 heteroatoms. The first-order valence-electron chi connectivity index (χ1n) is 9.04. The number of nitrogens with zero attached hydrogens (tertiary/aromatic N) is 3. The zero-order valence-corrected chi connectivity index (χ0v) is 19.1. The van der Waals surface area contributed by atoms with Gasteiger partial charge in [0.05, 0.1) is 21.3 Å². The number of rotatable bonds is 4. The van der Waals surface area contributed by atoms with E-state index in [1.165, 1.54) is 24.4 Å². The van der Waals surface area contributed by atoms with Crippen LogP contribution in [-0.4, -0.2) is 32.5 Å². The molecule has 0 saturated heterocycles. The van der Waals surface area contributed by atoms with Crippen LogP contribution in [0.1, 0.15) is 33.5 Å². The number of hydrogen-bond donors (Lipinski definition) is 3. The standard InChI is InChI=1S/C19H12Cl3F3N6O3/c1-8(32)28-29-17(33)10-5-9(20)6-12(22)15(10)27-18(34)13-7-14(19(23,24)25)30-31(13)16-11(21)3-2-4-26-16/h2-7H,1H3,(H,27,34)(H,28,32)(H,29,33). The van der Waals surface area contributed by atoms with Crippen LogP contribution >= 0.6 is 34.8 Å². The Labute approximate surface area is 204 Å². The number of alkyl halides is 3. The summed E-state index contributed by atoms with van der Waals surface area (Å²) < 4.78 is 40.6. The molecule has 0 bridgehead atoms. The Bertz CT molecular complexity index is 1300. The zero-order chi connectivity index (χ0) is 25.2. The fraction of sp³-hybridized carbons (Fsp3) is 0.105. The molecule has 9 nitrogen and oxygen atoms in total. The number of aromatic nitrogens is 3. The van der Waals surface area contributed by atoms with Gasteiger partial charge in [-0.3, -0.25) is 25.2 Å². The Kier molecular flexibility index (Phi) is 7.34. The molecular formula is C19H12Cl3F3N6O3. The van der Waals surface area contributed by atoms with Gasteiger partial charge in [0.2, 0.25) is 5.91 Å². The van der Waals surface area contributed by atoms with Crippen molar-refractivity contribution in [3.05, 3.63) is 68.5 Å². The van der Waals surface area contributed by atoms with Gasteiger partial charge in [-0.05, 0) is 24.3 Å². The van der Waals surface area contributed by atoms with Gasteiger partial charge in [-0.2, -0.15) is 18.3 Å². The summed E-state index contributed by atoms with van der Waals surface area (Å²) in [5.74, 6) is -2.87. The predicted molar refractivity (Wildman–Crippen MR) is 117 cm³/mol. The summed E-state index contributed by atoms with van der Waals surface area (Å²) in [5.41, 5.74) is 1.57. The fourth-order valence-corrected chi connectivity index (χ4v) is 3.39. The topological polar surface area (TPSA) is 118 Å². The van der Waals surface area contributed by atoms with E-state index in [2.05, 4.69) is 26.3 Å². The first-order chi connectivity index (χ1) is 15.9. The van der Waals surface area contributed by atoms with Crippen LogP contribution in [0, 0.1) is 0 Å². The lowest BCUT2D eigenvalue weighted by Crippen LogP contribution is -2.40. The summed E-state index contributed by atoms with van der Waals surface area (Å²) in [6.45, 7) is 1.13. The summed E-state index contributed by atoms with van der Waals surface area (Å²) in [6.07, 6.45) is -3.64. The molecule has 1 aromatic carbocycles. The normalized spacial score (nSPS) is 11.1. The van der Waals surface area contributed by atoms with E-state index >= 15 is 0 Å². The maximum absolute atomic E-state index is 13.3. The molecule has 2 heterocycles. The molecule has 0 spiro atoms.